The molecule has 2 aliphatic rings. The van der Waals surface area contributed by atoms with Crippen molar-refractivity contribution in [3.63, 3.8) is 0 Å². The van der Waals surface area contributed by atoms with Crippen molar-refractivity contribution >= 4 is 49.7 Å². The summed E-state index contributed by atoms with van der Waals surface area (Å²) in [5.41, 5.74) is 1.31. The van der Waals surface area contributed by atoms with Gasteiger partial charge >= 0.3 is 0 Å². The largest absolute Gasteiger partial charge is 0.349 e. The number of hydrogen-bond donors (Lipinski definition) is 1. The zero-order chi connectivity index (χ0) is 26.0. The third-order valence-electron chi connectivity index (χ3n) is 7.56. The van der Waals surface area contributed by atoms with Crippen molar-refractivity contribution in [3.8, 4) is 0 Å². The molecule has 1 N–H and O–H groups in total. The maximum absolute atomic E-state index is 13.4. The Morgan fingerprint density at radius 2 is 1.65 bits per heavy atom. The van der Waals surface area contributed by atoms with Gasteiger partial charge in [-0.25, -0.2) is 8.42 Å². The number of piperidine rings is 1. The van der Waals surface area contributed by atoms with Gasteiger partial charge in [0.05, 0.1) is 10.6 Å². The standard InChI is InChI=1S/C29H31ClN2O4S/c30-24-12-8-22-18-26(15-11-21(22)17-24)37(35,36)19-23-5-1-2-6-27(23)31-29(34)20-9-13-25(14-10-20)32-16-4-3-7-28(32)33/h8-15,17-18,23,27H,1-7,16,19H2,(H,31,34). The van der Waals surface area contributed by atoms with E-state index in [1.165, 1.54) is 0 Å². The number of carbonyl (C=O) groups is 2. The van der Waals surface area contributed by atoms with E-state index < -0.39 is 9.84 Å². The first-order valence-corrected chi connectivity index (χ1v) is 15.0. The molecule has 1 saturated carbocycles. The molecule has 0 aromatic heterocycles. The van der Waals surface area contributed by atoms with Gasteiger partial charge in [0.1, 0.15) is 0 Å². The van der Waals surface area contributed by atoms with E-state index in [9.17, 15) is 18.0 Å². The summed E-state index contributed by atoms with van der Waals surface area (Å²) in [6.45, 7) is 0.702. The van der Waals surface area contributed by atoms with Crippen LogP contribution in [0.25, 0.3) is 10.8 Å². The lowest BCUT2D eigenvalue weighted by Crippen LogP contribution is -2.44. The van der Waals surface area contributed by atoms with E-state index in [1.54, 1.807) is 41.3 Å². The molecule has 8 heteroatoms. The Morgan fingerprint density at radius 1 is 0.919 bits per heavy atom. The van der Waals surface area contributed by atoms with Crippen LogP contribution in [-0.2, 0) is 14.6 Å². The van der Waals surface area contributed by atoms with E-state index in [0.717, 1.165) is 55.0 Å². The van der Waals surface area contributed by atoms with Gasteiger partial charge in [-0.05, 0) is 90.9 Å². The second kappa shape index (κ2) is 10.8. The number of benzene rings is 3. The molecule has 2 amide bonds. The molecule has 6 nitrogen and oxygen atoms in total. The normalized spacial score (nSPS) is 20.7. The molecule has 37 heavy (non-hydrogen) atoms. The van der Waals surface area contributed by atoms with Crippen molar-refractivity contribution in [2.75, 3.05) is 17.2 Å². The van der Waals surface area contributed by atoms with Crippen LogP contribution in [0.3, 0.4) is 0 Å². The number of hydrogen-bond acceptors (Lipinski definition) is 4. The molecule has 2 fully saturated rings. The Kier molecular flexibility index (Phi) is 7.54. The van der Waals surface area contributed by atoms with Gasteiger partial charge in [-0.1, -0.05) is 36.6 Å². The van der Waals surface area contributed by atoms with Gasteiger partial charge in [0, 0.05) is 35.3 Å². The SMILES string of the molecule is O=C(NC1CCCCC1CS(=O)(=O)c1ccc2cc(Cl)ccc2c1)c1ccc(N2CCCCC2=O)cc1. The van der Waals surface area contributed by atoms with E-state index in [0.29, 0.717) is 28.4 Å². The minimum absolute atomic E-state index is 0.00689. The Morgan fingerprint density at radius 3 is 2.43 bits per heavy atom. The van der Waals surface area contributed by atoms with Crippen LogP contribution in [0.5, 0.6) is 0 Å². The Balaban J connectivity index is 1.28. The molecule has 2 unspecified atom stereocenters. The summed E-state index contributed by atoms with van der Waals surface area (Å²) in [5.74, 6) is -0.264. The van der Waals surface area contributed by atoms with Crippen molar-refractivity contribution in [2.24, 2.45) is 5.92 Å². The predicted molar refractivity (Wildman–Crippen MR) is 147 cm³/mol. The maximum Gasteiger partial charge on any atom is 0.251 e. The predicted octanol–water partition coefficient (Wildman–Crippen LogP) is 5.77. The monoisotopic (exact) mass is 538 g/mol. The maximum atomic E-state index is 13.4. The lowest BCUT2D eigenvalue weighted by atomic mass is 9.85. The van der Waals surface area contributed by atoms with E-state index in [-0.39, 0.29) is 29.5 Å². The average Bonchev–Trinajstić information content (AvgIpc) is 2.89. The van der Waals surface area contributed by atoms with E-state index in [2.05, 4.69) is 5.32 Å². The van der Waals surface area contributed by atoms with Gasteiger partial charge in [0.2, 0.25) is 5.91 Å². The van der Waals surface area contributed by atoms with Crippen LogP contribution in [-0.4, -0.2) is 38.6 Å². The van der Waals surface area contributed by atoms with Crippen LogP contribution in [0.4, 0.5) is 5.69 Å². The van der Waals surface area contributed by atoms with Gasteiger partial charge in [-0.3, -0.25) is 9.59 Å². The lowest BCUT2D eigenvalue weighted by Gasteiger charge is -2.32. The molecule has 5 rings (SSSR count). The summed E-state index contributed by atoms with van der Waals surface area (Å²) in [7, 11) is -3.54. The number of nitrogens with one attached hydrogen (secondary N) is 1. The van der Waals surface area contributed by atoms with Gasteiger partial charge < -0.3 is 10.2 Å². The van der Waals surface area contributed by atoms with E-state index >= 15 is 0 Å². The highest BCUT2D eigenvalue weighted by molar-refractivity contribution is 7.91. The quantitative estimate of drug-likeness (QED) is 0.431. The first kappa shape index (κ1) is 25.7. The summed E-state index contributed by atoms with van der Waals surface area (Å²) in [5, 5.41) is 5.44. The number of rotatable bonds is 6. The number of anilines is 1. The van der Waals surface area contributed by atoms with Gasteiger partial charge in [0.25, 0.3) is 5.91 Å². The van der Waals surface area contributed by atoms with E-state index in [4.69, 9.17) is 11.6 Å². The second-order valence-corrected chi connectivity index (χ2v) is 12.6. The number of amides is 2. The van der Waals surface area contributed by atoms with Crippen molar-refractivity contribution in [1.82, 2.24) is 5.32 Å². The summed E-state index contributed by atoms with van der Waals surface area (Å²) in [6.07, 6.45) is 5.86. The van der Waals surface area contributed by atoms with Crippen molar-refractivity contribution in [1.29, 1.82) is 0 Å². The highest BCUT2D eigenvalue weighted by Crippen LogP contribution is 2.30. The highest BCUT2D eigenvalue weighted by atomic mass is 35.5. The fourth-order valence-corrected chi connectivity index (χ4v) is 7.40. The minimum atomic E-state index is -3.54. The number of halogens is 1. The molecule has 3 aromatic rings. The van der Waals surface area contributed by atoms with Crippen molar-refractivity contribution < 1.29 is 18.0 Å². The van der Waals surface area contributed by atoms with Crippen molar-refractivity contribution in [2.45, 2.75) is 55.9 Å². The molecule has 1 heterocycles. The van der Waals surface area contributed by atoms with Crippen LogP contribution < -0.4 is 10.2 Å². The van der Waals surface area contributed by atoms with Gasteiger partial charge in [0.15, 0.2) is 9.84 Å². The summed E-state index contributed by atoms with van der Waals surface area (Å²) in [4.78, 5) is 27.3. The molecular weight excluding hydrogens is 508 g/mol. The lowest BCUT2D eigenvalue weighted by molar-refractivity contribution is -0.119. The molecule has 1 aliphatic carbocycles. The zero-order valence-electron chi connectivity index (χ0n) is 20.7. The van der Waals surface area contributed by atoms with Crippen LogP contribution in [0.1, 0.15) is 55.3 Å². The Hall–Kier alpha value is -2.90. The van der Waals surface area contributed by atoms with Gasteiger partial charge in [-0.15, -0.1) is 0 Å². The molecule has 0 bridgehead atoms. The fourth-order valence-electron chi connectivity index (χ4n) is 5.49. The molecule has 0 radical (unpaired) electrons. The minimum Gasteiger partial charge on any atom is -0.349 e. The van der Waals surface area contributed by atoms with Crippen molar-refractivity contribution in [3.05, 3.63) is 71.2 Å². The molecule has 1 saturated heterocycles. The van der Waals surface area contributed by atoms with E-state index in [1.807, 2.05) is 24.3 Å². The third-order valence-corrected chi connectivity index (χ3v) is 9.63. The number of fused-ring (bicyclic) bond motifs is 1. The Labute approximate surface area is 222 Å². The molecular formula is C29H31ClN2O4S. The van der Waals surface area contributed by atoms with Crippen LogP contribution in [0.15, 0.2) is 65.6 Å². The van der Waals surface area contributed by atoms with Crippen LogP contribution >= 0.6 is 11.6 Å². The first-order valence-electron chi connectivity index (χ1n) is 12.9. The summed E-state index contributed by atoms with van der Waals surface area (Å²) < 4.78 is 26.7. The molecule has 2 atom stereocenters. The molecule has 1 aliphatic heterocycles. The highest BCUT2D eigenvalue weighted by Gasteiger charge is 2.32. The molecule has 3 aromatic carbocycles. The Bertz CT molecular complexity index is 1420. The number of carbonyl (C=O) groups excluding carboxylic acids is 2. The molecule has 0 spiro atoms. The third kappa shape index (κ3) is 5.83. The molecule has 194 valence electrons. The summed E-state index contributed by atoms with van der Waals surface area (Å²) >= 11 is 6.06. The number of nitrogens with zero attached hydrogens (tertiary/aromatic N) is 1. The summed E-state index contributed by atoms with van der Waals surface area (Å²) in [6, 6.07) is 17.4. The zero-order valence-corrected chi connectivity index (χ0v) is 22.2. The van der Waals surface area contributed by atoms with Crippen LogP contribution in [0.2, 0.25) is 5.02 Å². The smallest absolute Gasteiger partial charge is 0.251 e. The average molecular weight is 539 g/mol. The first-order chi connectivity index (χ1) is 17.8. The van der Waals surface area contributed by atoms with Crippen LogP contribution in [0, 0.1) is 5.92 Å². The van der Waals surface area contributed by atoms with Gasteiger partial charge in [-0.2, -0.15) is 0 Å². The fraction of sp³-hybridized carbons (Fsp3) is 0.379. The number of sulfone groups is 1. The topological polar surface area (TPSA) is 83.6 Å². The second-order valence-electron chi connectivity index (χ2n) is 10.1.